The van der Waals surface area contributed by atoms with E-state index >= 15 is 0 Å². The fourth-order valence-electron chi connectivity index (χ4n) is 4.50. The maximum atomic E-state index is 13.4. The Morgan fingerprint density at radius 1 is 0.946 bits per heavy atom. The van der Waals surface area contributed by atoms with Gasteiger partial charge in [-0.15, -0.1) is 0 Å². The van der Waals surface area contributed by atoms with Gasteiger partial charge in [0.15, 0.2) is 0 Å². The van der Waals surface area contributed by atoms with Gasteiger partial charge >= 0.3 is 5.97 Å². The van der Waals surface area contributed by atoms with Crippen molar-refractivity contribution in [3.8, 4) is 5.75 Å². The molecule has 0 bridgehead atoms. The van der Waals surface area contributed by atoms with E-state index in [0.717, 1.165) is 21.9 Å². The van der Waals surface area contributed by atoms with Crippen LogP contribution in [0.4, 0.5) is 5.69 Å². The number of hydrogen-bond acceptors (Lipinski definition) is 6. The molecule has 1 atom stereocenters. The van der Waals surface area contributed by atoms with E-state index < -0.39 is 22.7 Å². The number of ether oxygens (including phenoxy) is 2. The Morgan fingerprint density at radius 2 is 1.65 bits per heavy atom. The summed E-state index contributed by atoms with van der Waals surface area (Å²) >= 11 is 0. The van der Waals surface area contributed by atoms with E-state index in [9.17, 15) is 19.7 Å². The molecule has 0 radical (unpaired) electrons. The molecular weight excluding hydrogens is 472 g/mol. The van der Waals surface area contributed by atoms with E-state index in [0.29, 0.717) is 5.75 Å². The summed E-state index contributed by atoms with van der Waals surface area (Å²) in [5, 5.41) is 15.6. The number of carbonyl (C=O) groups excluding carboxylic acids is 2. The van der Waals surface area contributed by atoms with E-state index in [-0.39, 0.29) is 29.3 Å². The molecule has 1 aliphatic rings. The van der Waals surface area contributed by atoms with Crippen LogP contribution >= 0.6 is 0 Å². The summed E-state index contributed by atoms with van der Waals surface area (Å²) in [4.78, 5) is 37.0. The minimum atomic E-state index is -0.617. The fourth-order valence-corrected chi connectivity index (χ4v) is 4.50. The molecule has 1 N–H and O–H groups in total. The maximum Gasteiger partial charge on any atom is 0.340 e. The molecule has 0 saturated heterocycles. The summed E-state index contributed by atoms with van der Waals surface area (Å²) in [7, 11) is 0. The third-order valence-electron chi connectivity index (χ3n) is 6.16. The van der Waals surface area contributed by atoms with Crippen molar-refractivity contribution in [1.82, 2.24) is 5.32 Å². The zero-order chi connectivity index (χ0) is 25.9. The molecule has 8 heteroatoms. The van der Waals surface area contributed by atoms with Crippen LogP contribution in [-0.2, 0) is 9.53 Å². The highest BCUT2D eigenvalue weighted by atomic mass is 16.6. The number of benzene rings is 4. The van der Waals surface area contributed by atoms with Crippen LogP contribution in [0.3, 0.4) is 0 Å². The van der Waals surface area contributed by atoms with Gasteiger partial charge in [-0.25, -0.2) is 4.79 Å². The minimum Gasteiger partial charge on any atom is -0.462 e. The van der Waals surface area contributed by atoms with Crippen molar-refractivity contribution in [3.05, 3.63) is 129 Å². The molecule has 0 saturated carbocycles. The topological polar surface area (TPSA) is 108 Å². The SMILES string of the molecule is CCOC(=O)C1=C(NC(=O)c2ccc([N+](=O)[O-])cc2)Oc2ccc3ccccc3c2C1c1ccccc1. The van der Waals surface area contributed by atoms with Crippen molar-refractivity contribution >= 4 is 28.3 Å². The van der Waals surface area contributed by atoms with Gasteiger partial charge in [0.05, 0.1) is 17.4 Å². The fraction of sp³-hybridized carbons (Fsp3) is 0.103. The Bertz CT molecular complexity index is 1540. The summed E-state index contributed by atoms with van der Waals surface area (Å²) in [5.41, 5.74) is 1.81. The average Bonchev–Trinajstić information content (AvgIpc) is 2.92. The van der Waals surface area contributed by atoms with E-state index in [1.165, 1.54) is 24.3 Å². The number of nitrogens with one attached hydrogen (secondary N) is 1. The predicted octanol–water partition coefficient (Wildman–Crippen LogP) is 5.48. The lowest BCUT2D eigenvalue weighted by Gasteiger charge is -2.31. The zero-order valence-electron chi connectivity index (χ0n) is 19.8. The lowest BCUT2D eigenvalue weighted by molar-refractivity contribution is -0.384. The number of nitrogens with zero attached hydrogens (tertiary/aromatic N) is 1. The maximum absolute atomic E-state index is 13.4. The van der Waals surface area contributed by atoms with Crippen LogP contribution in [0.25, 0.3) is 10.8 Å². The molecule has 0 fully saturated rings. The third kappa shape index (κ3) is 4.52. The highest BCUT2D eigenvalue weighted by Crippen LogP contribution is 2.46. The highest BCUT2D eigenvalue weighted by molar-refractivity contribution is 6.00. The number of carbonyl (C=O) groups is 2. The van der Waals surface area contributed by atoms with Crippen LogP contribution in [0.15, 0.2) is 102 Å². The number of amides is 1. The van der Waals surface area contributed by atoms with Gasteiger partial charge in [-0.2, -0.15) is 0 Å². The molecule has 1 unspecified atom stereocenters. The largest absolute Gasteiger partial charge is 0.462 e. The second-order valence-corrected chi connectivity index (χ2v) is 8.37. The molecule has 1 amide bonds. The van der Waals surface area contributed by atoms with E-state index in [1.807, 2.05) is 66.7 Å². The third-order valence-corrected chi connectivity index (χ3v) is 6.16. The molecule has 184 valence electrons. The van der Waals surface area contributed by atoms with Crippen LogP contribution < -0.4 is 10.1 Å². The molecule has 37 heavy (non-hydrogen) atoms. The summed E-state index contributed by atoms with van der Waals surface area (Å²) in [6.45, 7) is 1.84. The first kappa shape index (κ1) is 23.7. The monoisotopic (exact) mass is 494 g/mol. The Kier molecular flexibility index (Phi) is 6.38. The lowest BCUT2D eigenvalue weighted by atomic mass is 9.80. The van der Waals surface area contributed by atoms with Crippen molar-refractivity contribution < 1.29 is 24.0 Å². The number of nitro benzene ring substituents is 1. The van der Waals surface area contributed by atoms with E-state index in [2.05, 4.69) is 5.32 Å². The number of nitro groups is 1. The Labute approximate surface area is 212 Å². The van der Waals surface area contributed by atoms with E-state index in [4.69, 9.17) is 9.47 Å². The van der Waals surface area contributed by atoms with Crippen LogP contribution in [0.1, 0.15) is 34.3 Å². The van der Waals surface area contributed by atoms with Gasteiger partial charge < -0.3 is 9.47 Å². The van der Waals surface area contributed by atoms with Crippen molar-refractivity contribution in [2.75, 3.05) is 6.61 Å². The van der Waals surface area contributed by atoms with Gasteiger partial charge in [-0.1, -0.05) is 60.7 Å². The molecule has 1 heterocycles. The number of hydrogen-bond donors (Lipinski definition) is 1. The van der Waals surface area contributed by atoms with Crippen LogP contribution in [0.5, 0.6) is 5.75 Å². The highest BCUT2D eigenvalue weighted by Gasteiger charge is 2.38. The molecule has 0 spiro atoms. The summed E-state index contributed by atoms with van der Waals surface area (Å²) in [6, 6.07) is 26.2. The average molecular weight is 495 g/mol. The molecule has 4 aromatic carbocycles. The molecule has 4 aromatic rings. The van der Waals surface area contributed by atoms with Crippen LogP contribution in [0.2, 0.25) is 0 Å². The summed E-state index contributed by atoms with van der Waals surface area (Å²) in [6.07, 6.45) is 0. The second kappa shape index (κ2) is 9.94. The standard InChI is InChI=1S/C29H22N2O6/c1-2-36-29(33)26-24(19-9-4-3-5-10-19)25-22-11-7-6-8-18(22)14-17-23(25)37-28(26)30-27(32)20-12-15-21(16-13-20)31(34)35/h3-17,24H,2H2,1H3,(H,30,32). The molecule has 1 aliphatic heterocycles. The van der Waals surface area contributed by atoms with Crippen molar-refractivity contribution in [1.29, 1.82) is 0 Å². The first-order chi connectivity index (χ1) is 18.0. The Morgan fingerprint density at radius 3 is 2.35 bits per heavy atom. The van der Waals surface area contributed by atoms with Gasteiger partial charge in [0, 0.05) is 23.3 Å². The molecule has 0 aliphatic carbocycles. The Hall–Kier alpha value is -4.98. The van der Waals surface area contributed by atoms with Crippen LogP contribution in [0, 0.1) is 10.1 Å². The smallest absolute Gasteiger partial charge is 0.340 e. The lowest BCUT2D eigenvalue weighted by Crippen LogP contribution is -2.34. The van der Waals surface area contributed by atoms with Crippen LogP contribution in [-0.4, -0.2) is 23.4 Å². The molecule has 8 nitrogen and oxygen atoms in total. The summed E-state index contributed by atoms with van der Waals surface area (Å²) < 4.78 is 11.6. The zero-order valence-corrected chi connectivity index (χ0v) is 19.8. The number of non-ortho nitro benzene ring substituents is 1. The van der Waals surface area contributed by atoms with Gasteiger partial charge in [0.1, 0.15) is 11.3 Å². The number of fused-ring (bicyclic) bond motifs is 3. The first-order valence-corrected chi connectivity index (χ1v) is 11.7. The summed E-state index contributed by atoms with van der Waals surface area (Å²) in [5.74, 6) is -1.32. The molecular formula is C29H22N2O6. The van der Waals surface area contributed by atoms with Crippen molar-refractivity contribution in [3.63, 3.8) is 0 Å². The molecule has 0 aromatic heterocycles. The van der Waals surface area contributed by atoms with Crippen molar-refractivity contribution in [2.24, 2.45) is 0 Å². The van der Waals surface area contributed by atoms with Gasteiger partial charge in [-0.05, 0) is 41.5 Å². The Balaban J connectivity index is 1.67. The molecule has 5 rings (SSSR count). The van der Waals surface area contributed by atoms with Gasteiger partial charge in [0.25, 0.3) is 11.6 Å². The predicted molar refractivity (Wildman–Crippen MR) is 137 cm³/mol. The normalized spacial score (nSPS) is 14.5. The second-order valence-electron chi connectivity index (χ2n) is 8.37. The number of rotatable bonds is 6. The number of esters is 1. The minimum absolute atomic E-state index is 0.0431. The van der Waals surface area contributed by atoms with Gasteiger partial charge in [0.2, 0.25) is 5.88 Å². The van der Waals surface area contributed by atoms with E-state index in [1.54, 1.807) is 6.92 Å². The van der Waals surface area contributed by atoms with Crippen molar-refractivity contribution in [2.45, 2.75) is 12.8 Å². The van der Waals surface area contributed by atoms with Gasteiger partial charge in [-0.3, -0.25) is 20.2 Å². The first-order valence-electron chi connectivity index (χ1n) is 11.7. The quantitative estimate of drug-likeness (QED) is 0.216.